The minimum Gasteiger partial charge on any atom is -0.370 e. The summed E-state index contributed by atoms with van der Waals surface area (Å²) in [6.45, 7) is 4.37. The normalized spacial score (nSPS) is 16.9. The molecule has 0 amide bonds. The van der Waals surface area contributed by atoms with Crippen molar-refractivity contribution < 1.29 is 4.74 Å². The van der Waals surface area contributed by atoms with Gasteiger partial charge in [0, 0.05) is 36.4 Å². The van der Waals surface area contributed by atoms with Crippen molar-refractivity contribution in [2.45, 2.75) is 13.0 Å². The summed E-state index contributed by atoms with van der Waals surface area (Å²) in [5.41, 5.74) is 4.35. The van der Waals surface area contributed by atoms with Crippen LogP contribution in [0.25, 0.3) is 22.3 Å². The van der Waals surface area contributed by atoms with Crippen molar-refractivity contribution in [3.05, 3.63) is 84.2 Å². The molecule has 5 heteroatoms. The molecule has 1 fully saturated rings. The number of benzene rings is 2. The topological polar surface area (TPSA) is 51.1 Å². The molecular formula is C24H22N4O. The summed E-state index contributed by atoms with van der Waals surface area (Å²) in [7, 11) is 0. The van der Waals surface area contributed by atoms with E-state index in [1.807, 2.05) is 36.5 Å². The maximum absolute atomic E-state index is 6.13. The van der Waals surface area contributed by atoms with Gasteiger partial charge in [-0.2, -0.15) is 0 Å². The fourth-order valence-electron chi connectivity index (χ4n) is 3.90. The zero-order valence-electron chi connectivity index (χ0n) is 16.3. The number of pyridine rings is 1. The van der Waals surface area contributed by atoms with Crippen molar-refractivity contribution in [3.63, 3.8) is 0 Å². The minimum absolute atomic E-state index is 0.0283. The summed E-state index contributed by atoms with van der Waals surface area (Å²) < 4.78 is 6.13. The molecule has 144 valence electrons. The second-order valence-electron chi connectivity index (χ2n) is 7.29. The summed E-state index contributed by atoms with van der Waals surface area (Å²) >= 11 is 0. The van der Waals surface area contributed by atoms with Gasteiger partial charge in [-0.1, -0.05) is 36.4 Å². The highest BCUT2D eigenvalue weighted by Crippen LogP contribution is 2.32. The number of rotatable bonds is 3. The van der Waals surface area contributed by atoms with Gasteiger partial charge in [-0.25, -0.2) is 9.97 Å². The lowest BCUT2D eigenvalue weighted by Gasteiger charge is -2.35. The number of nitrogens with zero attached hydrogens (tertiary/aromatic N) is 4. The van der Waals surface area contributed by atoms with Crippen LogP contribution in [0.3, 0.4) is 0 Å². The van der Waals surface area contributed by atoms with Gasteiger partial charge in [0.05, 0.1) is 12.1 Å². The standard InChI is InChI=1S/C24H22N4O/c1-17-7-2-3-9-19(17)22-16-28(13-14-29-22)24-20-10-4-5-11-21(20)26-23(27-24)18-8-6-12-25-15-18/h2-12,15,22H,13-14,16H2,1H3. The summed E-state index contributed by atoms with van der Waals surface area (Å²) in [5, 5.41) is 1.06. The first-order valence-electron chi connectivity index (χ1n) is 9.89. The Morgan fingerprint density at radius 3 is 2.69 bits per heavy atom. The van der Waals surface area contributed by atoms with Crippen LogP contribution < -0.4 is 4.90 Å². The van der Waals surface area contributed by atoms with E-state index in [1.165, 1.54) is 11.1 Å². The van der Waals surface area contributed by atoms with Crippen LogP contribution in [0.1, 0.15) is 17.2 Å². The van der Waals surface area contributed by atoms with Gasteiger partial charge in [-0.3, -0.25) is 4.98 Å². The molecule has 2 aromatic carbocycles. The highest BCUT2D eigenvalue weighted by molar-refractivity contribution is 5.91. The molecular weight excluding hydrogens is 360 g/mol. The van der Waals surface area contributed by atoms with Crippen molar-refractivity contribution in [1.29, 1.82) is 0 Å². The third-order valence-electron chi connectivity index (χ3n) is 5.40. The van der Waals surface area contributed by atoms with E-state index >= 15 is 0 Å². The van der Waals surface area contributed by atoms with Crippen LogP contribution in [0.15, 0.2) is 73.1 Å². The molecule has 1 atom stereocenters. The van der Waals surface area contributed by atoms with E-state index < -0.39 is 0 Å². The van der Waals surface area contributed by atoms with Crippen LogP contribution in [0.2, 0.25) is 0 Å². The Kier molecular flexibility index (Phi) is 4.66. The fourth-order valence-corrected chi connectivity index (χ4v) is 3.90. The summed E-state index contributed by atoms with van der Waals surface area (Å²) in [6.07, 6.45) is 3.60. The van der Waals surface area contributed by atoms with Crippen LogP contribution in [0.5, 0.6) is 0 Å². The van der Waals surface area contributed by atoms with Crippen LogP contribution in [-0.4, -0.2) is 34.6 Å². The monoisotopic (exact) mass is 382 g/mol. The third-order valence-corrected chi connectivity index (χ3v) is 5.40. The van der Waals surface area contributed by atoms with Gasteiger partial charge >= 0.3 is 0 Å². The van der Waals surface area contributed by atoms with Crippen LogP contribution >= 0.6 is 0 Å². The van der Waals surface area contributed by atoms with Gasteiger partial charge in [-0.05, 0) is 42.3 Å². The van der Waals surface area contributed by atoms with E-state index in [4.69, 9.17) is 14.7 Å². The predicted octanol–water partition coefficient (Wildman–Crippen LogP) is 4.58. The molecule has 1 saturated heterocycles. The summed E-state index contributed by atoms with van der Waals surface area (Å²) in [5.74, 6) is 1.65. The number of para-hydroxylation sites is 1. The molecule has 0 aliphatic carbocycles. The third kappa shape index (κ3) is 3.45. The Balaban J connectivity index is 1.58. The first-order chi connectivity index (χ1) is 14.3. The van der Waals surface area contributed by atoms with Crippen molar-refractivity contribution in [3.8, 4) is 11.4 Å². The van der Waals surface area contributed by atoms with Crippen molar-refractivity contribution >= 4 is 16.7 Å². The lowest BCUT2D eigenvalue weighted by atomic mass is 10.0. The van der Waals surface area contributed by atoms with E-state index in [9.17, 15) is 0 Å². The second kappa shape index (κ2) is 7.60. The Hall–Kier alpha value is -3.31. The number of fused-ring (bicyclic) bond motifs is 1. The van der Waals surface area contributed by atoms with Crippen molar-refractivity contribution in [1.82, 2.24) is 15.0 Å². The highest BCUT2D eigenvalue weighted by Gasteiger charge is 2.25. The van der Waals surface area contributed by atoms with Crippen molar-refractivity contribution in [2.24, 2.45) is 0 Å². The zero-order chi connectivity index (χ0) is 19.6. The molecule has 2 aromatic heterocycles. The van der Waals surface area contributed by atoms with E-state index in [0.29, 0.717) is 12.4 Å². The van der Waals surface area contributed by atoms with Gasteiger partial charge in [0.1, 0.15) is 11.9 Å². The molecule has 3 heterocycles. The van der Waals surface area contributed by atoms with E-state index in [2.05, 4.69) is 47.1 Å². The lowest BCUT2D eigenvalue weighted by molar-refractivity contribution is 0.0392. The Labute approximate surface area is 170 Å². The molecule has 1 unspecified atom stereocenters. The Morgan fingerprint density at radius 1 is 0.966 bits per heavy atom. The van der Waals surface area contributed by atoms with Crippen LogP contribution in [-0.2, 0) is 4.74 Å². The Bertz CT molecular complexity index is 1150. The SMILES string of the molecule is Cc1ccccc1C1CN(c2nc(-c3cccnc3)nc3ccccc23)CCO1. The highest BCUT2D eigenvalue weighted by atomic mass is 16.5. The number of ether oxygens (including phenoxy) is 1. The van der Waals surface area contributed by atoms with Crippen molar-refractivity contribution in [2.75, 3.05) is 24.6 Å². The zero-order valence-corrected chi connectivity index (χ0v) is 16.3. The van der Waals surface area contributed by atoms with Crippen LogP contribution in [0, 0.1) is 6.92 Å². The van der Waals surface area contributed by atoms with E-state index in [0.717, 1.165) is 35.4 Å². The average molecular weight is 382 g/mol. The molecule has 0 bridgehead atoms. The van der Waals surface area contributed by atoms with E-state index in [1.54, 1.807) is 6.20 Å². The minimum atomic E-state index is 0.0283. The predicted molar refractivity (Wildman–Crippen MR) is 115 cm³/mol. The fraction of sp³-hybridized carbons (Fsp3) is 0.208. The number of aryl methyl sites for hydroxylation is 1. The largest absolute Gasteiger partial charge is 0.370 e. The first kappa shape index (κ1) is 17.8. The Morgan fingerprint density at radius 2 is 1.83 bits per heavy atom. The van der Waals surface area contributed by atoms with Crippen LogP contribution in [0.4, 0.5) is 5.82 Å². The lowest BCUT2D eigenvalue weighted by Crippen LogP contribution is -2.39. The molecule has 1 aliphatic heterocycles. The molecule has 1 aliphatic rings. The van der Waals surface area contributed by atoms with Gasteiger partial charge in [0.2, 0.25) is 0 Å². The molecule has 0 radical (unpaired) electrons. The number of hydrogen-bond donors (Lipinski definition) is 0. The van der Waals surface area contributed by atoms with Gasteiger partial charge in [0.15, 0.2) is 5.82 Å². The number of anilines is 1. The molecule has 4 aromatic rings. The second-order valence-corrected chi connectivity index (χ2v) is 7.29. The molecule has 0 saturated carbocycles. The molecule has 29 heavy (non-hydrogen) atoms. The molecule has 0 N–H and O–H groups in total. The summed E-state index contributed by atoms with van der Waals surface area (Å²) in [4.78, 5) is 16.3. The maximum atomic E-state index is 6.13. The number of hydrogen-bond acceptors (Lipinski definition) is 5. The quantitative estimate of drug-likeness (QED) is 0.519. The van der Waals surface area contributed by atoms with E-state index in [-0.39, 0.29) is 6.10 Å². The first-order valence-corrected chi connectivity index (χ1v) is 9.89. The summed E-state index contributed by atoms with van der Waals surface area (Å²) in [6, 6.07) is 20.5. The molecule has 5 nitrogen and oxygen atoms in total. The molecule has 0 spiro atoms. The number of aromatic nitrogens is 3. The van der Waals surface area contributed by atoms with Gasteiger partial charge in [-0.15, -0.1) is 0 Å². The van der Waals surface area contributed by atoms with Gasteiger partial charge < -0.3 is 9.64 Å². The molecule has 5 rings (SSSR count). The smallest absolute Gasteiger partial charge is 0.163 e. The number of morpholine rings is 1. The average Bonchev–Trinajstić information content (AvgIpc) is 2.79. The van der Waals surface area contributed by atoms with Gasteiger partial charge in [0.25, 0.3) is 0 Å². The maximum Gasteiger partial charge on any atom is 0.163 e.